The minimum absolute atomic E-state index is 0.0113. The highest BCUT2D eigenvalue weighted by Gasteiger charge is 2.11. The van der Waals surface area contributed by atoms with Gasteiger partial charge in [0, 0.05) is 11.5 Å². The predicted octanol–water partition coefficient (Wildman–Crippen LogP) is 2.12. The Labute approximate surface area is 83.9 Å². The van der Waals surface area contributed by atoms with Crippen molar-refractivity contribution in [3.8, 4) is 5.75 Å². The molecule has 1 rings (SSSR count). The van der Waals surface area contributed by atoms with Crippen molar-refractivity contribution in [2.75, 3.05) is 12.8 Å². The van der Waals surface area contributed by atoms with Gasteiger partial charge in [-0.15, -0.1) is 0 Å². The number of carbonyl (C=O) groups is 1. The first-order valence-corrected chi connectivity index (χ1v) is 4.54. The van der Waals surface area contributed by atoms with Crippen molar-refractivity contribution >= 4 is 11.5 Å². The number of nitrogens with two attached hydrogens (primary N) is 1. The Balaban J connectivity index is 3.03. The number of Topliss-reactive ketones (excluding diaryl/α,β-unsaturated/α-hetero) is 1. The van der Waals surface area contributed by atoms with Gasteiger partial charge >= 0.3 is 0 Å². The zero-order valence-corrected chi connectivity index (χ0v) is 8.70. The summed E-state index contributed by atoms with van der Waals surface area (Å²) in [5, 5.41) is 0. The minimum Gasteiger partial charge on any atom is -0.495 e. The zero-order chi connectivity index (χ0) is 10.7. The van der Waals surface area contributed by atoms with E-state index in [0.717, 1.165) is 0 Å². The number of rotatable bonds is 3. The summed E-state index contributed by atoms with van der Waals surface area (Å²) in [6, 6.07) is 5.10. The van der Waals surface area contributed by atoms with Gasteiger partial charge < -0.3 is 10.5 Å². The van der Waals surface area contributed by atoms with Crippen molar-refractivity contribution < 1.29 is 9.53 Å². The first-order valence-electron chi connectivity index (χ1n) is 4.54. The van der Waals surface area contributed by atoms with Crippen LogP contribution in [0.4, 0.5) is 5.69 Å². The van der Waals surface area contributed by atoms with Gasteiger partial charge in [0.2, 0.25) is 0 Å². The van der Waals surface area contributed by atoms with Gasteiger partial charge in [-0.05, 0) is 18.2 Å². The molecule has 3 heteroatoms. The number of anilines is 1. The van der Waals surface area contributed by atoms with Crippen molar-refractivity contribution in [3.05, 3.63) is 23.8 Å². The third-order valence-corrected chi connectivity index (χ3v) is 2.04. The van der Waals surface area contributed by atoms with Gasteiger partial charge in [-0.3, -0.25) is 4.79 Å². The molecule has 0 radical (unpaired) electrons. The molecule has 0 unspecified atom stereocenters. The van der Waals surface area contributed by atoms with Crippen LogP contribution in [0.3, 0.4) is 0 Å². The van der Waals surface area contributed by atoms with Crippen LogP contribution < -0.4 is 10.5 Å². The fourth-order valence-corrected chi connectivity index (χ4v) is 1.22. The predicted molar refractivity (Wildman–Crippen MR) is 56.6 cm³/mol. The summed E-state index contributed by atoms with van der Waals surface area (Å²) < 4.78 is 5.00. The van der Waals surface area contributed by atoms with Gasteiger partial charge in [0.25, 0.3) is 0 Å². The molecule has 0 fully saturated rings. The van der Waals surface area contributed by atoms with E-state index in [0.29, 0.717) is 17.0 Å². The Bertz CT molecular complexity index is 345. The molecule has 0 aliphatic rings. The van der Waals surface area contributed by atoms with Crippen LogP contribution in [0.2, 0.25) is 0 Å². The van der Waals surface area contributed by atoms with Gasteiger partial charge in [0.05, 0.1) is 12.8 Å². The highest BCUT2D eigenvalue weighted by Crippen LogP contribution is 2.23. The summed E-state index contributed by atoms with van der Waals surface area (Å²) in [4.78, 5) is 11.6. The molecule has 0 amide bonds. The molecule has 0 saturated heterocycles. The van der Waals surface area contributed by atoms with Crippen LogP contribution in [0.15, 0.2) is 18.2 Å². The van der Waals surface area contributed by atoms with E-state index in [1.165, 1.54) is 0 Å². The van der Waals surface area contributed by atoms with Crippen molar-refractivity contribution in [1.29, 1.82) is 0 Å². The van der Waals surface area contributed by atoms with E-state index in [9.17, 15) is 4.79 Å². The normalized spacial score (nSPS) is 10.3. The monoisotopic (exact) mass is 193 g/mol. The Kier molecular flexibility index (Phi) is 3.12. The summed E-state index contributed by atoms with van der Waals surface area (Å²) in [5.74, 6) is 0.687. The number of carbonyl (C=O) groups excluding carboxylic acids is 1. The molecule has 2 N–H and O–H groups in total. The summed E-state index contributed by atoms with van der Waals surface area (Å²) in [7, 11) is 1.55. The number of ketones is 1. The second-order valence-corrected chi connectivity index (χ2v) is 3.48. The van der Waals surface area contributed by atoms with Crippen molar-refractivity contribution in [3.63, 3.8) is 0 Å². The molecule has 0 aliphatic carbocycles. The first-order chi connectivity index (χ1) is 6.56. The van der Waals surface area contributed by atoms with Crippen LogP contribution in [0.25, 0.3) is 0 Å². The van der Waals surface area contributed by atoms with Crippen LogP contribution in [0, 0.1) is 5.92 Å². The molecular weight excluding hydrogens is 178 g/mol. The molecule has 0 bridgehead atoms. The minimum atomic E-state index is -0.0113. The van der Waals surface area contributed by atoms with Crippen LogP contribution in [0.5, 0.6) is 5.75 Å². The van der Waals surface area contributed by atoms with E-state index in [-0.39, 0.29) is 11.7 Å². The maximum atomic E-state index is 11.6. The first kappa shape index (κ1) is 10.6. The lowest BCUT2D eigenvalue weighted by atomic mass is 10.0. The molecule has 76 valence electrons. The topological polar surface area (TPSA) is 52.3 Å². The highest BCUT2D eigenvalue weighted by molar-refractivity contribution is 5.98. The second kappa shape index (κ2) is 4.13. The van der Waals surface area contributed by atoms with E-state index >= 15 is 0 Å². The third-order valence-electron chi connectivity index (χ3n) is 2.04. The molecule has 14 heavy (non-hydrogen) atoms. The summed E-state index contributed by atoms with van der Waals surface area (Å²) in [6.07, 6.45) is 0. The largest absolute Gasteiger partial charge is 0.495 e. The fraction of sp³-hybridized carbons (Fsp3) is 0.364. The molecule has 0 saturated carbocycles. The number of nitrogen functional groups attached to an aromatic ring is 1. The molecule has 0 spiro atoms. The van der Waals surface area contributed by atoms with E-state index in [1.54, 1.807) is 25.3 Å². The van der Waals surface area contributed by atoms with Gasteiger partial charge in [0.15, 0.2) is 5.78 Å². The van der Waals surface area contributed by atoms with Crippen LogP contribution in [-0.2, 0) is 0 Å². The molecule has 0 aromatic heterocycles. The van der Waals surface area contributed by atoms with Crippen LogP contribution in [-0.4, -0.2) is 12.9 Å². The maximum Gasteiger partial charge on any atom is 0.165 e. The highest BCUT2D eigenvalue weighted by atomic mass is 16.5. The third kappa shape index (κ3) is 2.05. The van der Waals surface area contributed by atoms with Crippen LogP contribution >= 0.6 is 0 Å². The quantitative estimate of drug-likeness (QED) is 0.591. The number of ether oxygens (including phenoxy) is 1. The van der Waals surface area contributed by atoms with Gasteiger partial charge in [-0.2, -0.15) is 0 Å². The second-order valence-electron chi connectivity index (χ2n) is 3.48. The number of hydrogen-bond donors (Lipinski definition) is 1. The molecule has 0 atom stereocenters. The average molecular weight is 193 g/mol. The number of hydrogen-bond acceptors (Lipinski definition) is 3. The molecule has 1 aromatic carbocycles. The Morgan fingerprint density at radius 1 is 1.43 bits per heavy atom. The zero-order valence-electron chi connectivity index (χ0n) is 8.70. The lowest BCUT2D eigenvalue weighted by Gasteiger charge is -2.08. The van der Waals surface area contributed by atoms with Crippen molar-refractivity contribution in [2.45, 2.75) is 13.8 Å². The van der Waals surface area contributed by atoms with E-state index in [2.05, 4.69) is 0 Å². The summed E-state index contributed by atoms with van der Waals surface area (Å²) >= 11 is 0. The van der Waals surface area contributed by atoms with Crippen LogP contribution in [0.1, 0.15) is 24.2 Å². The maximum absolute atomic E-state index is 11.6. The number of methoxy groups -OCH3 is 1. The smallest absolute Gasteiger partial charge is 0.165 e. The lowest BCUT2D eigenvalue weighted by molar-refractivity contribution is 0.0939. The average Bonchev–Trinajstić information content (AvgIpc) is 2.16. The Morgan fingerprint density at radius 3 is 2.50 bits per heavy atom. The van der Waals surface area contributed by atoms with E-state index in [4.69, 9.17) is 10.5 Å². The van der Waals surface area contributed by atoms with Crippen molar-refractivity contribution in [2.24, 2.45) is 5.92 Å². The molecule has 0 heterocycles. The Morgan fingerprint density at radius 2 is 2.07 bits per heavy atom. The SMILES string of the molecule is COc1ccc(C(=O)C(C)C)cc1N. The van der Waals surface area contributed by atoms with E-state index < -0.39 is 0 Å². The Hall–Kier alpha value is -1.51. The molecule has 0 aliphatic heterocycles. The fourth-order valence-electron chi connectivity index (χ4n) is 1.22. The molecule has 3 nitrogen and oxygen atoms in total. The molecular formula is C11H15NO2. The molecule has 1 aromatic rings. The van der Waals surface area contributed by atoms with Gasteiger partial charge in [-0.25, -0.2) is 0 Å². The summed E-state index contributed by atoms with van der Waals surface area (Å²) in [6.45, 7) is 3.73. The lowest BCUT2D eigenvalue weighted by Crippen LogP contribution is -2.08. The summed E-state index contributed by atoms with van der Waals surface area (Å²) in [5.41, 5.74) is 6.83. The standard InChI is InChI=1S/C11H15NO2/c1-7(2)11(13)8-4-5-10(14-3)9(12)6-8/h4-7H,12H2,1-3H3. The van der Waals surface area contributed by atoms with E-state index in [1.807, 2.05) is 13.8 Å². The number of benzene rings is 1. The van der Waals surface area contributed by atoms with Crippen molar-refractivity contribution in [1.82, 2.24) is 0 Å². The van der Waals surface area contributed by atoms with Gasteiger partial charge in [0.1, 0.15) is 5.75 Å². The van der Waals surface area contributed by atoms with Gasteiger partial charge in [-0.1, -0.05) is 13.8 Å².